The van der Waals surface area contributed by atoms with Crippen LogP contribution in [0.1, 0.15) is 93.9 Å². The molecule has 0 atom stereocenters. The van der Waals surface area contributed by atoms with Gasteiger partial charge in [0.25, 0.3) is 0 Å². The van der Waals surface area contributed by atoms with Crippen LogP contribution in [0, 0.1) is 11.8 Å². The standard InChI is InChI=1S/C26H46O8/c1-19(2)21(27)10-15-31-23(29)9-13-25(5,6)34-18-14-26(7,8)33-17-12-24(30)32-16-11-22(28)20(3)4/h19-20H,9-18H2,1-8H3. The van der Waals surface area contributed by atoms with Crippen molar-refractivity contribution in [3.63, 3.8) is 0 Å². The molecule has 0 fully saturated rings. The largest absolute Gasteiger partial charge is 0.465 e. The molecule has 0 aromatic heterocycles. The molecule has 8 nitrogen and oxygen atoms in total. The van der Waals surface area contributed by atoms with Gasteiger partial charge in [-0.2, -0.15) is 0 Å². The fraction of sp³-hybridized carbons (Fsp3) is 0.846. The summed E-state index contributed by atoms with van der Waals surface area (Å²) in [5, 5.41) is 0. The molecule has 0 aliphatic rings. The number of esters is 2. The molecule has 0 radical (unpaired) electrons. The molecule has 0 aliphatic heterocycles. The summed E-state index contributed by atoms with van der Waals surface area (Å²) in [5.74, 6) is -0.683. The van der Waals surface area contributed by atoms with E-state index in [4.69, 9.17) is 18.9 Å². The summed E-state index contributed by atoms with van der Waals surface area (Å²) in [6.45, 7) is 15.8. The smallest absolute Gasteiger partial charge is 0.308 e. The summed E-state index contributed by atoms with van der Waals surface area (Å²) in [5.41, 5.74) is -1.01. The summed E-state index contributed by atoms with van der Waals surface area (Å²) in [4.78, 5) is 46.8. The monoisotopic (exact) mass is 486 g/mol. The SMILES string of the molecule is CC(C)C(=O)CCOC(=O)CCOC(C)(C)CCOC(C)(C)CCC(=O)OCCC(=O)C(C)C. The van der Waals surface area contributed by atoms with Gasteiger partial charge in [0.1, 0.15) is 11.6 Å². The van der Waals surface area contributed by atoms with Crippen LogP contribution in [0.4, 0.5) is 0 Å². The normalized spacial score (nSPS) is 12.2. The van der Waals surface area contributed by atoms with Crippen molar-refractivity contribution < 1.29 is 38.1 Å². The van der Waals surface area contributed by atoms with E-state index in [0.717, 1.165) is 0 Å². The second-order valence-corrected chi connectivity index (χ2v) is 10.4. The Labute approximate surface area is 205 Å². The van der Waals surface area contributed by atoms with E-state index in [0.29, 0.717) is 19.4 Å². The number of hydrogen-bond donors (Lipinski definition) is 0. The number of hydrogen-bond acceptors (Lipinski definition) is 8. The number of rotatable bonds is 19. The van der Waals surface area contributed by atoms with Gasteiger partial charge in [0.05, 0.1) is 44.1 Å². The lowest BCUT2D eigenvalue weighted by atomic mass is 10.0. The van der Waals surface area contributed by atoms with Crippen LogP contribution in [0.25, 0.3) is 0 Å². The Morgan fingerprint density at radius 3 is 1.44 bits per heavy atom. The molecule has 0 aliphatic carbocycles. The summed E-state index contributed by atoms with van der Waals surface area (Å²) >= 11 is 0. The van der Waals surface area contributed by atoms with Crippen LogP contribution in [-0.2, 0) is 38.1 Å². The van der Waals surface area contributed by atoms with Crippen molar-refractivity contribution in [1.82, 2.24) is 0 Å². The number of ketones is 2. The van der Waals surface area contributed by atoms with Gasteiger partial charge in [0.2, 0.25) is 0 Å². The van der Waals surface area contributed by atoms with E-state index in [1.54, 1.807) is 0 Å². The summed E-state index contributed by atoms with van der Waals surface area (Å²) in [7, 11) is 0. The minimum Gasteiger partial charge on any atom is -0.465 e. The first-order chi connectivity index (χ1) is 15.6. The number of ether oxygens (including phenoxy) is 4. The molecule has 0 rings (SSSR count). The Bertz CT molecular complexity index is 649. The fourth-order valence-corrected chi connectivity index (χ4v) is 2.78. The third-order valence-electron chi connectivity index (χ3n) is 5.44. The third-order valence-corrected chi connectivity index (χ3v) is 5.44. The van der Waals surface area contributed by atoms with Crippen molar-refractivity contribution in [2.45, 2.75) is 105 Å². The quantitative estimate of drug-likeness (QED) is 0.247. The first-order valence-electron chi connectivity index (χ1n) is 12.3. The predicted molar refractivity (Wildman–Crippen MR) is 129 cm³/mol. The maximum atomic E-state index is 11.9. The van der Waals surface area contributed by atoms with Crippen LogP contribution in [0.15, 0.2) is 0 Å². The highest BCUT2D eigenvalue weighted by atomic mass is 16.5. The van der Waals surface area contributed by atoms with Gasteiger partial charge < -0.3 is 18.9 Å². The Kier molecular flexibility index (Phi) is 15.1. The van der Waals surface area contributed by atoms with Crippen molar-refractivity contribution in [3.8, 4) is 0 Å². The van der Waals surface area contributed by atoms with E-state index in [1.165, 1.54) is 0 Å². The van der Waals surface area contributed by atoms with E-state index >= 15 is 0 Å². The highest BCUT2D eigenvalue weighted by Gasteiger charge is 2.24. The van der Waals surface area contributed by atoms with E-state index < -0.39 is 11.2 Å². The molecule has 198 valence electrons. The van der Waals surface area contributed by atoms with Gasteiger partial charge in [-0.3, -0.25) is 19.2 Å². The summed E-state index contributed by atoms with van der Waals surface area (Å²) < 4.78 is 22.0. The first-order valence-corrected chi connectivity index (χ1v) is 12.3. The van der Waals surface area contributed by atoms with Gasteiger partial charge >= 0.3 is 11.9 Å². The van der Waals surface area contributed by atoms with E-state index in [2.05, 4.69) is 0 Å². The minimum atomic E-state index is -0.514. The molecule has 34 heavy (non-hydrogen) atoms. The van der Waals surface area contributed by atoms with Crippen LogP contribution >= 0.6 is 0 Å². The Morgan fingerprint density at radius 2 is 0.971 bits per heavy atom. The molecule has 0 saturated heterocycles. The molecule has 0 aromatic carbocycles. The average molecular weight is 487 g/mol. The molecule has 0 heterocycles. The lowest BCUT2D eigenvalue weighted by molar-refractivity contribution is -0.149. The fourth-order valence-electron chi connectivity index (χ4n) is 2.78. The minimum absolute atomic E-state index is 0.0559. The van der Waals surface area contributed by atoms with Gasteiger partial charge in [-0.15, -0.1) is 0 Å². The predicted octanol–water partition coefficient (Wildman–Crippen LogP) is 4.45. The second-order valence-electron chi connectivity index (χ2n) is 10.4. The zero-order valence-electron chi connectivity index (χ0n) is 22.5. The van der Waals surface area contributed by atoms with Gasteiger partial charge in [-0.05, 0) is 40.5 Å². The number of carbonyl (C=O) groups is 4. The average Bonchev–Trinajstić information content (AvgIpc) is 2.71. The molecular formula is C26H46O8. The number of Topliss-reactive ketones (excluding diaryl/α,β-unsaturated/α-hetero) is 2. The van der Waals surface area contributed by atoms with E-state index in [-0.39, 0.29) is 80.8 Å². The van der Waals surface area contributed by atoms with Crippen molar-refractivity contribution in [2.75, 3.05) is 26.4 Å². The number of carbonyl (C=O) groups excluding carboxylic acids is 4. The first kappa shape index (κ1) is 32.2. The van der Waals surface area contributed by atoms with Crippen molar-refractivity contribution >= 4 is 23.5 Å². The lowest BCUT2D eigenvalue weighted by Crippen LogP contribution is -2.32. The zero-order chi connectivity index (χ0) is 26.4. The topological polar surface area (TPSA) is 105 Å². The van der Waals surface area contributed by atoms with Crippen LogP contribution in [0.3, 0.4) is 0 Å². The maximum absolute atomic E-state index is 11.9. The van der Waals surface area contributed by atoms with Crippen molar-refractivity contribution in [1.29, 1.82) is 0 Å². The molecule has 0 N–H and O–H groups in total. The summed E-state index contributed by atoms with van der Waals surface area (Å²) in [6, 6.07) is 0. The van der Waals surface area contributed by atoms with Crippen LogP contribution < -0.4 is 0 Å². The Morgan fingerprint density at radius 1 is 0.559 bits per heavy atom. The molecule has 0 unspecified atom stereocenters. The Balaban J connectivity index is 4.06. The molecule has 0 amide bonds. The highest BCUT2D eigenvalue weighted by molar-refractivity contribution is 5.81. The van der Waals surface area contributed by atoms with Crippen molar-refractivity contribution in [2.24, 2.45) is 11.8 Å². The lowest BCUT2D eigenvalue weighted by Gasteiger charge is -2.29. The van der Waals surface area contributed by atoms with Crippen LogP contribution in [0.5, 0.6) is 0 Å². The van der Waals surface area contributed by atoms with Crippen molar-refractivity contribution in [3.05, 3.63) is 0 Å². The molecule has 0 bridgehead atoms. The zero-order valence-corrected chi connectivity index (χ0v) is 22.5. The molecule has 8 heteroatoms. The molecule has 0 aromatic rings. The van der Waals surface area contributed by atoms with Gasteiger partial charge in [0.15, 0.2) is 0 Å². The maximum Gasteiger partial charge on any atom is 0.308 e. The Hall–Kier alpha value is -1.80. The van der Waals surface area contributed by atoms with Gasteiger partial charge in [-0.1, -0.05) is 27.7 Å². The summed E-state index contributed by atoms with van der Waals surface area (Å²) in [6.07, 6.45) is 1.92. The van der Waals surface area contributed by atoms with E-state index in [1.807, 2.05) is 55.4 Å². The molecular weight excluding hydrogens is 440 g/mol. The molecule has 0 saturated carbocycles. The highest BCUT2D eigenvalue weighted by Crippen LogP contribution is 2.21. The van der Waals surface area contributed by atoms with Crippen LogP contribution in [0.2, 0.25) is 0 Å². The molecule has 0 spiro atoms. The van der Waals surface area contributed by atoms with Gasteiger partial charge in [0, 0.05) is 31.1 Å². The van der Waals surface area contributed by atoms with Crippen LogP contribution in [-0.4, -0.2) is 61.1 Å². The third kappa shape index (κ3) is 16.8. The van der Waals surface area contributed by atoms with E-state index in [9.17, 15) is 19.2 Å². The van der Waals surface area contributed by atoms with Gasteiger partial charge in [-0.25, -0.2) is 0 Å². The second kappa shape index (κ2) is 16.0.